The van der Waals surface area contributed by atoms with Crippen LogP contribution in [-0.2, 0) is 0 Å². The summed E-state index contributed by atoms with van der Waals surface area (Å²) in [7, 11) is 1.66. The van der Waals surface area contributed by atoms with Crippen molar-refractivity contribution in [3.05, 3.63) is 12.4 Å². The zero-order valence-electron chi connectivity index (χ0n) is 5.42. The zero-order chi connectivity index (χ0) is 6.97. The molecule has 2 heterocycles. The van der Waals surface area contributed by atoms with Crippen LogP contribution in [0.2, 0.25) is 0 Å². The Hall–Kier alpha value is -1.03. The minimum absolute atomic E-state index is 0.898. The number of aromatic nitrogens is 2. The van der Waals surface area contributed by atoms with Gasteiger partial charge in [0, 0.05) is 6.07 Å². The molecular formula is C6H6N2OS. The number of methoxy groups -OCH3 is 1. The summed E-state index contributed by atoms with van der Waals surface area (Å²) in [5, 5.41) is 0.898. The molecule has 0 radical (unpaired) electrons. The van der Waals surface area contributed by atoms with Crippen molar-refractivity contribution in [2.45, 2.75) is 0 Å². The van der Waals surface area contributed by atoms with Gasteiger partial charge < -0.3 is 9.72 Å². The fourth-order valence-electron chi connectivity index (χ4n) is 0.820. The van der Waals surface area contributed by atoms with Crippen molar-refractivity contribution in [3.63, 3.8) is 0 Å². The third-order valence-electron chi connectivity index (χ3n) is 1.29. The summed E-state index contributed by atoms with van der Waals surface area (Å²) in [4.78, 5) is 8.06. The van der Waals surface area contributed by atoms with Gasteiger partial charge in [-0.3, -0.25) is 0 Å². The molecule has 0 aliphatic rings. The summed E-state index contributed by atoms with van der Waals surface area (Å²) in [5.41, 5.74) is 1.04. The maximum absolute atomic E-state index is 5.02. The predicted octanol–water partition coefficient (Wildman–Crippen LogP) is 1.63. The number of ether oxygens (including phenoxy) is 1. The minimum Gasteiger partial charge on any atom is -0.487 e. The van der Waals surface area contributed by atoms with Crippen molar-refractivity contribution >= 4 is 21.7 Å². The van der Waals surface area contributed by atoms with Crippen LogP contribution in [0.25, 0.3) is 10.3 Å². The van der Waals surface area contributed by atoms with Crippen molar-refractivity contribution in [3.8, 4) is 5.06 Å². The van der Waals surface area contributed by atoms with Crippen LogP contribution in [-0.4, -0.2) is 17.1 Å². The van der Waals surface area contributed by atoms with E-state index in [1.165, 1.54) is 11.3 Å². The molecule has 0 amide bonds. The molecule has 0 fully saturated rings. The second-order valence-electron chi connectivity index (χ2n) is 1.89. The lowest BCUT2D eigenvalue weighted by molar-refractivity contribution is 0.427. The number of hydrogen-bond donors (Lipinski definition) is 1. The van der Waals surface area contributed by atoms with Crippen molar-refractivity contribution in [2.75, 3.05) is 7.11 Å². The van der Waals surface area contributed by atoms with Crippen LogP contribution in [0.3, 0.4) is 0 Å². The maximum Gasteiger partial charge on any atom is 0.177 e. The van der Waals surface area contributed by atoms with Crippen molar-refractivity contribution in [1.82, 2.24) is 9.97 Å². The van der Waals surface area contributed by atoms with E-state index in [0.29, 0.717) is 0 Å². The maximum atomic E-state index is 5.02. The van der Waals surface area contributed by atoms with E-state index in [2.05, 4.69) is 9.97 Å². The minimum atomic E-state index is 0.898. The molecule has 10 heavy (non-hydrogen) atoms. The van der Waals surface area contributed by atoms with Crippen LogP contribution < -0.4 is 4.74 Å². The Kier molecular flexibility index (Phi) is 1.14. The van der Waals surface area contributed by atoms with Crippen LogP contribution in [0.1, 0.15) is 0 Å². The fourth-order valence-corrected chi connectivity index (χ4v) is 1.60. The van der Waals surface area contributed by atoms with Gasteiger partial charge in [0.1, 0.15) is 4.83 Å². The molecule has 3 nitrogen and oxygen atoms in total. The second-order valence-corrected chi connectivity index (χ2v) is 2.88. The Morgan fingerprint density at radius 2 is 2.60 bits per heavy atom. The topological polar surface area (TPSA) is 37.9 Å². The van der Waals surface area contributed by atoms with Gasteiger partial charge in [-0.15, -0.1) is 0 Å². The Labute approximate surface area is 61.7 Å². The molecule has 4 heteroatoms. The van der Waals surface area contributed by atoms with E-state index in [1.54, 1.807) is 13.4 Å². The number of imidazole rings is 1. The monoisotopic (exact) mass is 154 g/mol. The lowest BCUT2D eigenvalue weighted by Crippen LogP contribution is -1.73. The molecular weight excluding hydrogens is 148 g/mol. The van der Waals surface area contributed by atoms with E-state index in [-0.39, 0.29) is 0 Å². The molecule has 0 unspecified atom stereocenters. The van der Waals surface area contributed by atoms with Crippen LogP contribution in [0.4, 0.5) is 0 Å². The standard InChI is InChI=1S/C6H6N2OS/c1-9-5-2-4-6(10-5)8-3-7-4/h2-3H,1H3,(H,7,8). The summed E-state index contributed by atoms with van der Waals surface area (Å²) in [6.07, 6.45) is 1.68. The van der Waals surface area contributed by atoms with Gasteiger partial charge in [0.2, 0.25) is 0 Å². The molecule has 0 aliphatic heterocycles. The number of H-pyrrole nitrogens is 1. The van der Waals surface area contributed by atoms with Crippen LogP contribution >= 0.6 is 11.3 Å². The average molecular weight is 154 g/mol. The molecule has 0 atom stereocenters. The first kappa shape index (κ1) is 5.73. The van der Waals surface area contributed by atoms with E-state index >= 15 is 0 Å². The van der Waals surface area contributed by atoms with E-state index in [0.717, 1.165) is 15.4 Å². The van der Waals surface area contributed by atoms with Gasteiger partial charge in [-0.1, -0.05) is 11.3 Å². The van der Waals surface area contributed by atoms with Crippen LogP contribution in [0.5, 0.6) is 5.06 Å². The summed E-state index contributed by atoms with van der Waals surface area (Å²) in [6.45, 7) is 0. The van der Waals surface area contributed by atoms with Gasteiger partial charge in [-0.25, -0.2) is 4.98 Å². The molecule has 2 rings (SSSR count). The van der Waals surface area contributed by atoms with Crippen molar-refractivity contribution < 1.29 is 4.74 Å². The lowest BCUT2D eigenvalue weighted by atomic mass is 10.6. The molecule has 0 saturated heterocycles. The molecule has 0 spiro atoms. The first-order valence-electron chi connectivity index (χ1n) is 2.87. The molecule has 52 valence electrons. The Balaban J connectivity index is 2.67. The first-order valence-corrected chi connectivity index (χ1v) is 3.68. The van der Waals surface area contributed by atoms with E-state index in [1.807, 2.05) is 6.07 Å². The van der Waals surface area contributed by atoms with Crippen LogP contribution in [0.15, 0.2) is 12.4 Å². The Bertz CT molecular complexity index is 309. The quantitative estimate of drug-likeness (QED) is 0.678. The van der Waals surface area contributed by atoms with E-state index in [4.69, 9.17) is 4.74 Å². The third kappa shape index (κ3) is 0.690. The third-order valence-corrected chi connectivity index (χ3v) is 2.30. The van der Waals surface area contributed by atoms with Gasteiger partial charge in [0.25, 0.3) is 0 Å². The van der Waals surface area contributed by atoms with E-state index < -0.39 is 0 Å². The highest BCUT2D eigenvalue weighted by atomic mass is 32.1. The van der Waals surface area contributed by atoms with Gasteiger partial charge in [0.15, 0.2) is 5.06 Å². The van der Waals surface area contributed by atoms with Crippen molar-refractivity contribution in [2.24, 2.45) is 0 Å². The summed E-state index contributed by atoms with van der Waals surface area (Å²) >= 11 is 1.54. The van der Waals surface area contributed by atoms with Crippen LogP contribution in [0, 0.1) is 0 Å². The SMILES string of the molecule is COc1cc2[nH]cnc2s1. The van der Waals surface area contributed by atoms with Crippen molar-refractivity contribution in [1.29, 1.82) is 0 Å². The highest BCUT2D eigenvalue weighted by Crippen LogP contribution is 2.28. The molecule has 0 aliphatic carbocycles. The molecule has 1 N–H and O–H groups in total. The van der Waals surface area contributed by atoms with Gasteiger partial charge >= 0.3 is 0 Å². The molecule has 2 aromatic heterocycles. The number of aromatic amines is 1. The Morgan fingerprint density at radius 3 is 3.30 bits per heavy atom. The highest BCUT2D eigenvalue weighted by molar-refractivity contribution is 7.20. The molecule has 0 bridgehead atoms. The number of hydrogen-bond acceptors (Lipinski definition) is 3. The molecule has 0 aromatic carbocycles. The molecule has 2 aromatic rings. The highest BCUT2D eigenvalue weighted by Gasteiger charge is 2.01. The molecule has 0 saturated carbocycles. The number of fused-ring (bicyclic) bond motifs is 1. The zero-order valence-corrected chi connectivity index (χ0v) is 6.23. The summed E-state index contributed by atoms with van der Waals surface area (Å²) in [5.74, 6) is 0. The largest absolute Gasteiger partial charge is 0.487 e. The fraction of sp³-hybridized carbons (Fsp3) is 0.167. The number of thiophene rings is 1. The lowest BCUT2D eigenvalue weighted by Gasteiger charge is -1.86. The number of rotatable bonds is 1. The Morgan fingerprint density at radius 1 is 1.70 bits per heavy atom. The van der Waals surface area contributed by atoms with Gasteiger partial charge in [-0.2, -0.15) is 0 Å². The smallest absolute Gasteiger partial charge is 0.177 e. The first-order chi connectivity index (χ1) is 4.90. The summed E-state index contributed by atoms with van der Waals surface area (Å²) < 4.78 is 5.02. The van der Waals surface area contributed by atoms with E-state index in [9.17, 15) is 0 Å². The number of nitrogens with one attached hydrogen (secondary N) is 1. The normalized spacial score (nSPS) is 10.5. The van der Waals surface area contributed by atoms with Gasteiger partial charge in [-0.05, 0) is 0 Å². The second kappa shape index (κ2) is 1.98. The number of nitrogens with zero attached hydrogens (tertiary/aromatic N) is 1. The predicted molar refractivity (Wildman–Crippen MR) is 40.5 cm³/mol. The average Bonchev–Trinajstić information content (AvgIpc) is 2.42. The summed E-state index contributed by atoms with van der Waals surface area (Å²) in [6, 6.07) is 1.94. The van der Waals surface area contributed by atoms with Gasteiger partial charge in [0.05, 0.1) is 19.0 Å².